The second-order valence-electron chi connectivity index (χ2n) is 1.34. The second kappa shape index (κ2) is 2.68. The molecule has 0 bridgehead atoms. The van der Waals surface area contributed by atoms with Crippen molar-refractivity contribution in [3.05, 3.63) is 0 Å². The fourth-order valence-electron chi connectivity index (χ4n) is 0.119. The third-order valence-electron chi connectivity index (χ3n) is 0.568. The van der Waals surface area contributed by atoms with Crippen LogP contribution in [0.2, 0.25) is 0 Å². The molecule has 0 aliphatic heterocycles. The lowest BCUT2D eigenvalue weighted by molar-refractivity contribution is 0.186. The maximum atomic E-state index is 12.0. The lowest BCUT2D eigenvalue weighted by atomic mass is 11.6. The van der Waals surface area contributed by atoms with Gasteiger partial charge in [-0.3, -0.25) is 0 Å². The Morgan fingerprint density at radius 3 is 1.09 bits per heavy atom. The van der Waals surface area contributed by atoms with Crippen molar-refractivity contribution in [2.45, 2.75) is 4.59 Å². The van der Waals surface area contributed by atoms with Gasteiger partial charge in [0.1, 0.15) is 0 Å². The van der Waals surface area contributed by atoms with Crippen LogP contribution in [0.5, 0.6) is 0 Å². The van der Waals surface area contributed by atoms with Gasteiger partial charge in [0.25, 0.3) is 0 Å². The van der Waals surface area contributed by atoms with Gasteiger partial charge in [-0.25, -0.2) is 16.8 Å². The van der Waals surface area contributed by atoms with E-state index in [1.165, 1.54) is 0 Å². The van der Waals surface area contributed by atoms with Gasteiger partial charge < -0.3 is 0 Å². The van der Waals surface area contributed by atoms with Crippen LogP contribution in [0.1, 0.15) is 0 Å². The molecule has 0 aromatic rings. The molecule has 0 atom stereocenters. The Morgan fingerprint density at radius 1 is 0.909 bits per heavy atom. The van der Waals surface area contributed by atoms with Crippen LogP contribution in [0.25, 0.3) is 0 Å². The molecule has 68 valence electrons. The molecule has 0 aliphatic rings. The van der Waals surface area contributed by atoms with E-state index in [1.807, 2.05) is 0 Å². The number of hydrogen-bond donors (Lipinski definition) is 0. The Bertz CT molecular complexity index is 306. The molecule has 0 saturated heterocycles. The lowest BCUT2D eigenvalue weighted by Crippen LogP contribution is -2.30. The largest absolute Gasteiger partial charge is 0.473 e. The van der Waals surface area contributed by atoms with Gasteiger partial charge in [-0.2, -0.15) is 8.78 Å². The summed E-state index contributed by atoms with van der Waals surface area (Å²) >= 11 is 0. The van der Waals surface area contributed by atoms with Gasteiger partial charge in [0, 0.05) is 21.4 Å². The summed E-state index contributed by atoms with van der Waals surface area (Å²) < 4.78 is 58.3. The highest BCUT2D eigenvalue weighted by atomic mass is 35.7. The minimum atomic E-state index is -5.54. The fraction of sp³-hybridized carbons (Fsp3) is 1.00. The molecule has 0 spiro atoms. The molecule has 0 aliphatic carbocycles. The first kappa shape index (κ1) is 11.3. The zero-order valence-corrected chi connectivity index (χ0v) is 7.61. The summed E-state index contributed by atoms with van der Waals surface area (Å²) in [6.07, 6.45) is 0. The van der Waals surface area contributed by atoms with E-state index in [0.717, 1.165) is 0 Å². The molecule has 0 amide bonds. The maximum Gasteiger partial charge on any atom is 0.473 e. The van der Waals surface area contributed by atoms with Crippen LogP contribution in [0, 0.1) is 0 Å². The average molecular weight is 249 g/mol. The Labute approximate surface area is 69.9 Å². The summed E-state index contributed by atoms with van der Waals surface area (Å²) in [6, 6.07) is 0. The average Bonchev–Trinajstić information content (AvgIpc) is 1.58. The van der Waals surface area contributed by atoms with Crippen LogP contribution in [-0.2, 0) is 18.1 Å². The third kappa shape index (κ3) is 2.14. The number of alkyl halides is 2. The van der Waals surface area contributed by atoms with Crippen molar-refractivity contribution in [3.63, 3.8) is 0 Å². The predicted octanol–water partition coefficient (Wildman–Crippen LogP) is 0.674. The topological polar surface area (TPSA) is 68.3 Å². The van der Waals surface area contributed by atoms with Crippen LogP contribution in [0.4, 0.5) is 8.78 Å². The molecule has 0 aromatic heterocycles. The summed E-state index contributed by atoms with van der Waals surface area (Å²) in [5.74, 6) is 0. The van der Waals surface area contributed by atoms with Crippen molar-refractivity contribution < 1.29 is 25.6 Å². The molecule has 0 aromatic carbocycles. The zero-order chi connectivity index (χ0) is 9.50. The molecule has 0 fully saturated rings. The third-order valence-corrected chi connectivity index (χ3v) is 4.73. The van der Waals surface area contributed by atoms with E-state index in [1.54, 1.807) is 0 Å². The van der Waals surface area contributed by atoms with Crippen LogP contribution >= 0.6 is 21.4 Å². The maximum absolute atomic E-state index is 12.0. The molecule has 0 heterocycles. The summed E-state index contributed by atoms with van der Waals surface area (Å²) in [5.41, 5.74) is 0. The first-order valence-electron chi connectivity index (χ1n) is 1.76. The molecule has 0 unspecified atom stereocenters. The first-order chi connectivity index (χ1) is 4.50. The first-order valence-corrected chi connectivity index (χ1v) is 6.38. The van der Waals surface area contributed by atoms with Crippen LogP contribution < -0.4 is 0 Å². The molecule has 10 heteroatoms. The van der Waals surface area contributed by atoms with Crippen LogP contribution in [0.15, 0.2) is 0 Å². The van der Waals surface area contributed by atoms with Crippen molar-refractivity contribution in [2.24, 2.45) is 0 Å². The Balaban J connectivity index is 5.45. The van der Waals surface area contributed by atoms with E-state index >= 15 is 0 Å². The van der Waals surface area contributed by atoms with E-state index in [9.17, 15) is 25.6 Å². The molecule has 0 radical (unpaired) electrons. The lowest BCUT2D eigenvalue weighted by Gasteiger charge is -2.06. The highest BCUT2D eigenvalue weighted by molar-refractivity contribution is 8.29. The zero-order valence-electron chi connectivity index (χ0n) is 4.46. The normalized spacial score (nSPS) is 14.9. The quantitative estimate of drug-likeness (QED) is 0.674. The SMILES string of the molecule is O=S(=O)(Cl)C(F)(F)S(=O)(=O)Cl. The van der Waals surface area contributed by atoms with Gasteiger partial charge in [0.05, 0.1) is 0 Å². The number of halogens is 4. The minimum Gasteiger partial charge on any atom is -0.205 e. The Morgan fingerprint density at radius 2 is 1.09 bits per heavy atom. The highest BCUT2D eigenvalue weighted by Crippen LogP contribution is 2.33. The Hall–Kier alpha value is 0.340. The standard InChI is InChI=1S/CCl2F2O4S2/c2-10(6,7)1(4,5)11(3,8)9. The second-order valence-corrected chi connectivity index (χ2v) is 6.81. The molecule has 4 nitrogen and oxygen atoms in total. The highest BCUT2D eigenvalue weighted by Gasteiger charge is 2.56. The summed E-state index contributed by atoms with van der Waals surface area (Å²) in [7, 11) is -2.95. The van der Waals surface area contributed by atoms with E-state index in [4.69, 9.17) is 0 Å². The van der Waals surface area contributed by atoms with E-state index in [-0.39, 0.29) is 0 Å². The van der Waals surface area contributed by atoms with E-state index in [0.29, 0.717) is 0 Å². The van der Waals surface area contributed by atoms with Crippen molar-refractivity contribution in [1.29, 1.82) is 0 Å². The minimum absolute atomic E-state index is 4.07. The molecule has 0 rings (SSSR count). The van der Waals surface area contributed by atoms with Crippen molar-refractivity contribution in [1.82, 2.24) is 0 Å². The van der Waals surface area contributed by atoms with Gasteiger partial charge in [-0.15, -0.1) is 0 Å². The van der Waals surface area contributed by atoms with Crippen LogP contribution in [-0.4, -0.2) is 21.4 Å². The smallest absolute Gasteiger partial charge is 0.205 e. The number of hydrogen-bond acceptors (Lipinski definition) is 4. The summed E-state index contributed by atoms with van der Waals surface area (Å²) in [6.45, 7) is 0. The predicted molar refractivity (Wildman–Crippen MR) is 34.5 cm³/mol. The van der Waals surface area contributed by atoms with Gasteiger partial charge in [-0.05, 0) is 0 Å². The van der Waals surface area contributed by atoms with Gasteiger partial charge in [0.2, 0.25) is 0 Å². The van der Waals surface area contributed by atoms with E-state index < -0.39 is 22.7 Å². The molecule has 0 N–H and O–H groups in total. The summed E-state index contributed by atoms with van der Waals surface area (Å²) in [5, 5.41) is 0. The monoisotopic (exact) mass is 248 g/mol. The van der Waals surface area contributed by atoms with Gasteiger partial charge >= 0.3 is 22.7 Å². The number of rotatable bonds is 2. The van der Waals surface area contributed by atoms with Gasteiger partial charge in [-0.1, -0.05) is 0 Å². The molecular formula is CCl2F2O4S2. The molecule has 0 saturated carbocycles. The summed E-state index contributed by atoms with van der Waals surface area (Å²) in [4.78, 5) is 0. The van der Waals surface area contributed by atoms with Crippen LogP contribution in [0.3, 0.4) is 0 Å². The van der Waals surface area contributed by atoms with Crippen molar-refractivity contribution in [2.75, 3.05) is 0 Å². The molecule has 11 heavy (non-hydrogen) atoms. The van der Waals surface area contributed by atoms with Gasteiger partial charge in [0.15, 0.2) is 0 Å². The fourth-order valence-corrected chi connectivity index (χ4v) is 2.85. The molecular weight excluding hydrogens is 249 g/mol. The van der Waals surface area contributed by atoms with Crippen molar-refractivity contribution in [3.8, 4) is 0 Å². The Kier molecular flexibility index (Phi) is 2.76. The van der Waals surface area contributed by atoms with Crippen molar-refractivity contribution >= 4 is 39.5 Å². The van der Waals surface area contributed by atoms with E-state index in [2.05, 4.69) is 21.4 Å².